The van der Waals surface area contributed by atoms with Crippen LogP contribution in [0, 0.1) is 6.92 Å². The lowest BCUT2D eigenvalue weighted by Gasteiger charge is -2.36. The molecule has 10 heteroatoms. The fraction of sp³-hybridized carbons (Fsp3) is 0.333. The molecule has 0 aliphatic carbocycles. The lowest BCUT2D eigenvalue weighted by Crippen LogP contribution is -2.39. The molecule has 4 rings (SSSR count). The number of piperidine rings is 1. The SMILES string of the molecule is CO/N=C1/C(=C/c2ccc(-n3cnc(C)c3)c(OC)c2)CCCN1C(C)c1ccc(OC(F)(F)F)cc1. The molecule has 1 aliphatic heterocycles. The Bertz CT molecular complexity index is 1280. The van der Waals surface area contributed by atoms with Crippen LogP contribution in [0.4, 0.5) is 13.2 Å². The number of halogens is 3. The summed E-state index contributed by atoms with van der Waals surface area (Å²) in [4.78, 5) is 11.6. The van der Waals surface area contributed by atoms with Gasteiger partial charge in [-0.3, -0.25) is 0 Å². The smallest absolute Gasteiger partial charge is 0.495 e. The summed E-state index contributed by atoms with van der Waals surface area (Å²) in [5.41, 5.74) is 4.56. The minimum Gasteiger partial charge on any atom is -0.495 e. The van der Waals surface area contributed by atoms with Crippen LogP contribution in [0.5, 0.6) is 11.5 Å². The first-order valence-corrected chi connectivity index (χ1v) is 11.8. The highest BCUT2D eigenvalue weighted by molar-refractivity contribution is 6.02. The number of hydrogen-bond donors (Lipinski definition) is 0. The Hall–Kier alpha value is -3.95. The van der Waals surface area contributed by atoms with Crippen molar-refractivity contribution >= 4 is 11.9 Å². The second-order valence-electron chi connectivity index (χ2n) is 8.71. The van der Waals surface area contributed by atoms with Crippen molar-refractivity contribution in [2.45, 2.75) is 39.1 Å². The summed E-state index contributed by atoms with van der Waals surface area (Å²) >= 11 is 0. The van der Waals surface area contributed by atoms with Crippen molar-refractivity contribution in [3.63, 3.8) is 0 Å². The molecule has 0 spiro atoms. The van der Waals surface area contributed by atoms with E-state index in [9.17, 15) is 13.2 Å². The second kappa shape index (κ2) is 11.0. The Kier molecular flexibility index (Phi) is 7.75. The third-order valence-electron chi connectivity index (χ3n) is 6.18. The van der Waals surface area contributed by atoms with Crippen molar-refractivity contribution in [3.8, 4) is 17.2 Å². The van der Waals surface area contributed by atoms with Crippen LogP contribution in [0.1, 0.15) is 42.6 Å². The first kappa shape index (κ1) is 26.1. The molecule has 1 aliphatic rings. The van der Waals surface area contributed by atoms with Crippen LogP contribution >= 0.6 is 0 Å². The molecule has 0 saturated carbocycles. The first-order chi connectivity index (χ1) is 17.7. The largest absolute Gasteiger partial charge is 0.573 e. The third-order valence-corrected chi connectivity index (χ3v) is 6.18. The number of benzene rings is 2. The van der Waals surface area contributed by atoms with Crippen LogP contribution in [-0.4, -0.2) is 47.4 Å². The molecule has 0 radical (unpaired) electrons. The molecule has 37 heavy (non-hydrogen) atoms. The van der Waals surface area contributed by atoms with Gasteiger partial charge in [0.05, 0.1) is 30.9 Å². The molecule has 196 valence electrons. The van der Waals surface area contributed by atoms with E-state index in [1.54, 1.807) is 25.6 Å². The van der Waals surface area contributed by atoms with Crippen molar-refractivity contribution in [1.29, 1.82) is 0 Å². The third kappa shape index (κ3) is 6.25. The van der Waals surface area contributed by atoms with Gasteiger partial charge in [0.1, 0.15) is 18.6 Å². The highest BCUT2D eigenvalue weighted by Crippen LogP contribution is 2.32. The summed E-state index contributed by atoms with van der Waals surface area (Å²) in [5.74, 6) is 1.14. The summed E-state index contributed by atoms with van der Waals surface area (Å²) in [5, 5.41) is 4.32. The average molecular weight is 515 g/mol. The molecular formula is C27H29F3N4O3. The summed E-state index contributed by atoms with van der Waals surface area (Å²) in [7, 11) is 3.13. The van der Waals surface area contributed by atoms with Crippen LogP contribution in [0.3, 0.4) is 0 Å². The van der Waals surface area contributed by atoms with Gasteiger partial charge in [-0.1, -0.05) is 23.4 Å². The Labute approximate surface area is 213 Å². The van der Waals surface area contributed by atoms with Crippen molar-refractivity contribution in [2.75, 3.05) is 20.8 Å². The average Bonchev–Trinajstić information content (AvgIpc) is 3.30. The van der Waals surface area contributed by atoms with E-state index in [-0.39, 0.29) is 11.8 Å². The Morgan fingerprint density at radius 3 is 2.49 bits per heavy atom. The number of likely N-dealkylation sites (tertiary alicyclic amines) is 1. The van der Waals surface area contributed by atoms with E-state index < -0.39 is 6.36 Å². The number of imidazole rings is 1. The number of ether oxygens (including phenoxy) is 2. The molecule has 1 aromatic heterocycles. The van der Waals surface area contributed by atoms with Crippen LogP contribution in [0.25, 0.3) is 11.8 Å². The van der Waals surface area contributed by atoms with Gasteiger partial charge in [0.25, 0.3) is 0 Å². The molecular weight excluding hydrogens is 485 g/mol. The predicted octanol–water partition coefficient (Wildman–Crippen LogP) is 6.29. The Morgan fingerprint density at radius 1 is 1.11 bits per heavy atom. The molecule has 2 heterocycles. The number of hydrogen-bond acceptors (Lipinski definition) is 5. The summed E-state index contributed by atoms with van der Waals surface area (Å²) < 4.78 is 49.1. The highest BCUT2D eigenvalue weighted by atomic mass is 19.4. The van der Waals surface area contributed by atoms with Crippen molar-refractivity contribution in [3.05, 3.63) is 77.4 Å². The van der Waals surface area contributed by atoms with Gasteiger partial charge in [-0.2, -0.15) is 0 Å². The van der Waals surface area contributed by atoms with Crippen LogP contribution in [0.2, 0.25) is 0 Å². The number of rotatable bonds is 7. The Morgan fingerprint density at radius 2 is 1.86 bits per heavy atom. The molecule has 2 aromatic carbocycles. The molecule has 0 bridgehead atoms. The number of alkyl halides is 3. The van der Waals surface area contributed by atoms with E-state index in [1.165, 1.54) is 19.2 Å². The van der Waals surface area contributed by atoms with Crippen molar-refractivity contribution < 1.29 is 27.5 Å². The zero-order valence-electron chi connectivity index (χ0n) is 21.1. The van der Waals surface area contributed by atoms with Gasteiger partial charge in [0.2, 0.25) is 0 Å². The normalized spacial score (nSPS) is 17.2. The number of oxime groups is 1. The van der Waals surface area contributed by atoms with E-state index in [4.69, 9.17) is 9.57 Å². The minimum absolute atomic E-state index is 0.154. The molecule has 3 aromatic rings. The van der Waals surface area contributed by atoms with Gasteiger partial charge >= 0.3 is 6.36 Å². The molecule has 0 amide bonds. The quantitative estimate of drug-likeness (QED) is 0.347. The molecule has 7 nitrogen and oxygen atoms in total. The van der Waals surface area contributed by atoms with E-state index in [0.29, 0.717) is 11.6 Å². The maximum absolute atomic E-state index is 12.5. The summed E-state index contributed by atoms with van der Waals surface area (Å²) in [6.07, 6.45) is 2.70. The standard InChI is InChI=1S/C27H29F3N4O3/c1-18-16-33(17-31-18)24-12-7-20(15-25(24)35-3)14-22-6-5-13-34(26(22)32-36-4)19(2)21-8-10-23(11-9-21)37-27(28,29)30/h7-12,14-17,19H,5-6,13H2,1-4H3/b22-14+,32-26-. The van der Waals surface area contributed by atoms with Gasteiger partial charge in [0.15, 0.2) is 5.84 Å². The van der Waals surface area contributed by atoms with Gasteiger partial charge in [-0.05, 0) is 73.7 Å². The van der Waals surface area contributed by atoms with Gasteiger partial charge in [-0.15, -0.1) is 13.2 Å². The van der Waals surface area contributed by atoms with E-state index in [2.05, 4.69) is 25.9 Å². The number of aromatic nitrogens is 2. The zero-order chi connectivity index (χ0) is 26.6. The molecule has 1 unspecified atom stereocenters. The molecule has 0 N–H and O–H groups in total. The fourth-order valence-electron chi connectivity index (χ4n) is 4.43. The monoisotopic (exact) mass is 514 g/mol. The van der Waals surface area contributed by atoms with Gasteiger partial charge < -0.3 is 23.8 Å². The van der Waals surface area contributed by atoms with Gasteiger partial charge in [0, 0.05) is 12.7 Å². The lowest BCUT2D eigenvalue weighted by atomic mass is 9.96. The number of nitrogens with zero attached hydrogens (tertiary/aromatic N) is 4. The van der Waals surface area contributed by atoms with Crippen LogP contribution < -0.4 is 9.47 Å². The highest BCUT2D eigenvalue weighted by Gasteiger charge is 2.31. The Balaban J connectivity index is 1.60. The number of aryl methyl sites for hydroxylation is 1. The van der Waals surface area contributed by atoms with E-state index in [0.717, 1.165) is 47.5 Å². The minimum atomic E-state index is -4.73. The first-order valence-electron chi connectivity index (χ1n) is 11.8. The molecule has 1 atom stereocenters. The van der Waals surface area contributed by atoms with Crippen LogP contribution in [0.15, 0.2) is 65.7 Å². The van der Waals surface area contributed by atoms with Crippen molar-refractivity contribution in [2.24, 2.45) is 5.16 Å². The maximum Gasteiger partial charge on any atom is 0.573 e. The van der Waals surface area contributed by atoms with Crippen LogP contribution in [-0.2, 0) is 4.84 Å². The van der Waals surface area contributed by atoms with E-state index in [1.807, 2.05) is 42.8 Å². The topological polar surface area (TPSA) is 61.1 Å². The number of amidine groups is 1. The van der Waals surface area contributed by atoms with Crippen molar-refractivity contribution in [1.82, 2.24) is 14.5 Å². The number of methoxy groups -OCH3 is 1. The second-order valence-corrected chi connectivity index (χ2v) is 8.71. The van der Waals surface area contributed by atoms with E-state index >= 15 is 0 Å². The predicted molar refractivity (Wildman–Crippen MR) is 135 cm³/mol. The summed E-state index contributed by atoms with van der Waals surface area (Å²) in [6, 6.07) is 11.7. The molecule has 1 fully saturated rings. The maximum atomic E-state index is 12.5. The molecule has 1 saturated heterocycles. The van der Waals surface area contributed by atoms with Gasteiger partial charge in [-0.25, -0.2) is 4.98 Å². The lowest BCUT2D eigenvalue weighted by molar-refractivity contribution is -0.274. The fourth-order valence-corrected chi connectivity index (χ4v) is 4.43. The summed E-state index contributed by atoms with van der Waals surface area (Å²) in [6.45, 7) is 4.64. The zero-order valence-corrected chi connectivity index (χ0v) is 21.1.